The van der Waals surface area contributed by atoms with E-state index in [4.69, 9.17) is 14.6 Å². The lowest BCUT2D eigenvalue weighted by Gasteiger charge is -2.24. The molecule has 0 aromatic rings. The molecule has 1 aliphatic rings. The van der Waals surface area contributed by atoms with E-state index in [1.54, 1.807) is 6.07 Å². The smallest absolute Gasteiger partial charge is 0.498 e. The third kappa shape index (κ3) is 5.97. The van der Waals surface area contributed by atoms with Gasteiger partial charge < -0.3 is 9.31 Å². The van der Waals surface area contributed by atoms with Crippen molar-refractivity contribution < 1.29 is 27.7 Å². The molecule has 0 atom stereocenters. The second-order valence-electron chi connectivity index (χ2n) is 4.65. The minimum absolute atomic E-state index is 0.0185. The summed E-state index contributed by atoms with van der Waals surface area (Å²) >= 11 is 0. The van der Waals surface area contributed by atoms with Gasteiger partial charge in [-0.3, -0.25) is 14.5 Å². The van der Waals surface area contributed by atoms with Crippen molar-refractivity contribution in [3.63, 3.8) is 0 Å². The van der Waals surface area contributed by atoms with Crippen LogP contribution in [-0.4, -0.2) is 50.0 Å². The lowest BCUT2D eigenvalue weighted by atomic mass is 9.79. The molecule has 1 heterocycles. The number of nitriles is 1. The van der Waals surface area contributed by atoms with Crippen LogP contribution in [0.15, 0.2) is 0 Å². The van der Waals surface area contributed by atoms with E-state index in [1.807, 2.05) is 0 Å². The molecule has 0 unspecified atom stereocenters. The fourth-order valence-corrected chi connectivity index (χ4v) is 1.74. The van der Waals surface area contributed by atoms with Gasteiger partial charge in [-0.05, 0) is 13.5 Å². The Morgan fingerprint density at radius 3 is 2.40 bits per heavy atom. The summed E-state index contributed by atoms with van der Waals surface area (Å²) in [6.45, 7) is -0.322. The number of hydrogen-bond acceptors (Lipinski definition) is 6. The molecular weight excluding hydrogens is 273 g/mol. The van der Waals surface area contributed by atoms with E-state index in [0.717, 1.165) is 0 Å². The van der Waals surface area contributed by atoms with Gasteiger partial charge in [0.25, 0.3) is 0 Å². The van der Waals surface area contributed by atoms with Crippen molar-refractivity contribution in [1.82, 2.24) is 4.90 Å². The molecule has 0 aromatic carbocycles. The average molecular weight is 288 g/mol. The number of halogens is 2. The molecule has 9 heteroatoms. The van der Waals surface area contributed by atoms with Gasteiger partial charge in [-0.25, -0.2) is 8.78 Å². The number of likely N-dealkylation sites (N-methyl/N-ethyl adjacent to an activating group) is 1. The predicted molar refractivity (Wildman–Crippen MR) is 64.7 cm³/mol. The number of rotatable bonds is 5. The Morgan fingerprint density at radius 2 is 1.90 bits per heavy atom. The molecule has 0 spiro atoms. The molecule has 0 saturated carbocycles. The zero-order chi connectivity index (χ0) is 15.2. The van der Waals surface area contributed by atoms with Crippen molar-refractivity contribution in [2.24, 2.45) is 0 Å². The summed E-state index contributed by atoms with van der Waals surface area (Å²) in [5, 5.41) is 8.31. The van der Waals surface area contributed by atoms with Gasteiger partial charge in [0.15, 0.2) is 0 Å². The zero-order valence-corrected chi connectivity index (χ0v) is 11.1. The minimum atomic E-state index is -3.16. The quantitative estimate of drug-likeness (QED) is 0.551. The standard InChI is InChI=1S/C11H15BF2N2O4/c1-16-6-9(17)19-12(20-10(18)7-16)8-11(13,14)4-2-3-5-15/h2-4,6-8H2,1H3. The molecule has 0 bridgehead atoms. The minimum Gasteiger partial charge on any atom is -0.498 e. The van der Waals surface area contributed by atoms with Crippen LogP contribution >= 0.6 is 0 Å². The molecule has 0 aliphatic carbocycles. The van der Waals surface area contributed by atoms with E-state index < -0.39 is 37.7 Å². The van der Waals surface area contributed by atoms with Crippen LogP contribution in [0, 0.1) is 11.3 Å². The molecule has 1 fully saturated rings. The van der Waals surface area contributed by atoms with E-state index in [-0.39, 0.29) is 25.9 Å². The van der Waals surface area contributed by atoms with Gasteiger partial charge in [-0.15, -0.1) is 0 Å². The zero-order valence-electron chi connectivity index (χ0n) is 11.1. The summed E-state index contributed by atoms with van der Waals surface area (Å²) in [7, 11) is -0.0694. The molecule has 0 N–H and O–H groups in total. The first kappa shape index (κ1) is 16.4. The predicted octanol–water partition coefficient (Wildman–Crippen LogP) is 0.836. The molecule has 20 heavy (non-hydrogen) atoms. The van der Waals surface area contributed by atoms with Crippen LogP contribution < -0.4 is 0 Å². The van der Waals surface area contributed by atoms with Crippen LogP contribution in [0.3, 0.4) is 0 Å². The van der Waals surface area contributed by atoms with Crippen molar-refractivity contribution in [1.29, 1.82) is 5.26 Å². The lowest BCUT2D eigenvalue weighted by molar-refractivity contribution is -0.146. The summed E-state index contributed by atoms with van der Waals surface area (Å²) in [5.41, 5.74) is 0. The topological polar surface area (TPSA) is 79.6 Å². The molecule has 1 saturated heterocycles. The lowest BCUT2D eigenvalue weighted by Crippen LogP contribution is -2.44. The highest BCUT2D eigenvalue weighted by molar-refractivity contribution is 6.49. The van der Waals surface area contributed by atoms with Crippen LogP contribution in [0.25, 0.3) is 0 Å². The van der Waals surface area contributed by atoms with Crippen LogP contribution in [0.4, 0.5) is 8.78 Å². The molecule has 1 aliphatic heterocycles. The Balaban J connectivity index is 2.57. The maximum atomic E-state index is 13.6. The Bertz CT molecular complexity index is 394. The first-order valence-electron chi connectivity index (χ1n) is 6.15. The molecule has 0 amide bonds. The number of nitrogens with zero attached hydrogens (tertiary/aromatic N) is 2. The summed E-state index contributed by atoms with van der Waals surface area (Å²) in [4.78, 5) is 24.1. The Hall–Kier alpha value is -1.69. The Kier molecular flexibility index (Phi) is 5.89. The molecule has 1 rings (SSSR count). The van der Waals surface area contributed by atoms with E-state index in [2.05, 4.69) is 0 Å². The van der Waals surface area contributed by atoms with E-state index in [0.29, 0.717) is 0 Å². The number of carbonyl (C=O) groups is 2. The van der Waals surface area contributed by atoms with Crippen molar-refractivity contribution in [3.05, 3.63) is 0 Å². The van der Waals surface area contributed by atoms with Gasteiger partial charge in [-0.2, -0.15) is 5.26 Å². The monoisotopic (exact) mass is 288 g/mol. The van der Waals surface area contributed by atoms with Crippen molar-refractivity contribution in [2.75, 3.05) is 20.1 Å². The normalized spacial score (nSPS) is 17.8. The van der Waals surface area contributed by atoms with Gasteiger partial charge in [-0.1, -0.05) is 0 Å². The van der Waals surface area contributed by atoms with E-state index in [1.165, 1.54) is 11.9 Å². The number of hydrogen-bond donors (Lipinski definition) is 0. The maximum absolute atomic E-state index is 13.6. The second kappa shape index (κ2) is 7.19. The fraction of sp³-hybridized carbons (Fsp3) is 0.727. The maximum Gasteiger partial charge on any atom is 0.604 e. The average Bonchev–Trinajstić information content (AvgIpc) is 2.25. The van der Waals surface area contributed by atoms with E-state index in [9.17, 15) is 18.4 Å². The molecule has 0 aromatic heterocycles. The molecule has 0 radical (unpaired) electrons. The Labute approximate surface area is 115 Å². The van der Waals surface area contributed by atoms with Gasteiger partial charge in [0.2, 0.25) is 5.92 Å². The summed E-state index contributed by atoms with van der Waals surface area (Å²) in [6.07, 6.45) is -1.36. The third-order valence-corrected chi connectivity index (χ3v) is 2.62. The molecule has 6 nitrogen and oxygen atoms in total. The molecule has 110 valence electrons. The summed E-state index contributed by atoms with van der Waals surface area (Å²) in [5.74, 6) is -4.61. The Morgan fingerprint density at radius 1 is 1.35 bits per heavy atom. The number of carbonyl (C=O) groups excluding carboxylic acids is 2. The largest absolute Gasteiger partial charge is 0.604 e. The highest BCUT2D eigenvalue weighted by Gasteiger charge is 2.42. The van der Waals surface area contributed by atoms with Gasteiger partial charge in [0.05, 0.1) is 25.5 Å². The first-order valence-corrected chi connectivity index (χ1v) is 6.15. The third-order valence-electron chi connectivity index (χ3n) is 2.62. The van der Waals surface area contributed by atoms with Crippen LogP contribution in [-0.2, 0) is 18.9 Å². The van der Waals surface area contributed by atoms with Gasteiger partial charge >= 0.3 is 19.1 Å². The fourth-order valence-electron chi connectivity index (χ4n) is 1.74. The first-order chi connectivity index (χ1) is 9.32. The summed E-state index contributed by atoms with van der Waals surface area (Å²) in [6, 6.07) is 1.77. The number of unbranched alkanes of at least 4 members (excludes halogenated alkanes) is 1. The van der Waals surface area contributed by atoms with Crippen molar-refractivity contribution >= 4 is 19.1 Å². The van der Waals surface area contributed by atoms with Gasteiger partial charge in [0.1, 0.15) is 0 Å². The van der Waals surface area contributed by atoms with Crippen LogP contribution in [0.1, 0.15) is 19.3 Å². The van der Waals surface area contributed by atoms with Crippen LogP contribution in [0.5, 0.6) is 0 Å². The SMILES string of the molecule is CN1CC(=O)OB(CC(F)(F)CCCC#N)OC(=O)C1. The summed E-state index contributed by atoms with van der Waals surface area (Å²) < 4.78 is 36.6. The highest BCUT2D eigenvalue weighted by atomic mass is 19.3. The van der Waals surface area contributed by atoms with Crippen molar-refractivity contribution in [3.8, 4) is 6.07 Å². The highest BCUT2D eigenvalue weighted by Crippen LogP contribution is 2.28. The van der Waals surface area contributed by atoms with Crippen molar-refractivity contribution in [2.45, 2.75) is 31.5 Å². The van der Waals surface area contributed by atoms with E-state index >= 15 is 0 Å². The van der Waals surface area contributed by atoms with Gasteiger partial charge in [0, 0.05) is 12.8 Å². The molecular formula is C11H15BF2N2O4. The second-order valence-corrected chi connectivity index (χ2v) is 4.65. The number of alkyl halides is 2. The van der Waals surface area contributed by atoms with Crippen LogP contribution in [0.2, 0.25) is 6.32 Å².